The number of aromatic nitrogens is 2. The zero-order valence-corrected chi connectivity index (χ0v) is 14.5. The lowest BCUT2D eigenvalue weighted by molar-refractivity contribution is -0.191. The van der Waals surface area contributed by atoms with Crippen LogP contribution in [-0.2, 0) is 22.7 Å². The van der Waals surface area contributed by atoms with Crippen LogP contribution < -0.4 is 10.6 Å². The molecule has 0 saturated carbocycles. The number of nitrogens with one attached hydrogen (secondary N) is 2. The Kier molecular flexibility index (Phi) is 5.59. The summed E-state index contributed by atoms with van der Waals surface area (Å²) in [7, 11) is 0. The molecular formula is C20H20N4O2. The van der Waals surface area contributed by atoms with Crippen molar-refractivity contribution in [2.45, 2.75) is 20.0 Å². The van der Waals surface area contributed by atoms with Crippen molar-refractivity contribution in [3.05, 3.63) is 66.0 Å². The van der Waals surface area contributed by atoms with Gasteiger partial charge < -0.3 is 15.2 Å². The summed E-state index contributed by atoms with van der Waals surface area (Å²) in [5.74, 6) is 2.17. The third-order valence-electron chi connectivity index (χ3n) is 4.20. The minimum absolute atomic E-state index is 0.250. The molecule has 2 aromatic carbocycles. The number of aryl methyl sites for hydroxylation is 1. The second kappa shape index (κ2) is 8.25. The Morgan fingerprint density at radius 2 is 1.77 bits per heavy atom. The second-order valence-corrected chi connectivity index (χ2v) is 5.99. The van der Waals surface area contributed by atoms with Gasteiger partial charge in [0.2, 0.25) is 0 Å². The lowest BCUT2D eigenvalue weighted by Crippen LogP contribution is -2.28. The van der Waals surface area contributed by atoms with Crippen LogP contribution in [0.25, 0.3) is 11.3 Å². The summed E-state index contributed by atoms with van der Waals surface area (Å²) in [4.78, 5) is 21.1. The molecule has 1 aliphatic rings. The molecule has 0 radical (unpaired) electrons. The third-order valence-corrected chi connectivity index (χ3v) is 4.20. The molecule has 2 heterocycles. The van der Waals surface area contributed by atoms with Crippen LogP contribution in [0, 0.1) is 6.92 Å². The SMILES string of the molecule is Cc1ccc(Nc2c(-c3ccccc3)nc3n2CCNC3)cc1.O=C=O. The molecule has 0 unspecified atom stereocenters. The number of carbonyl (C=O) groups excluding carboxylic acids is 2. The van der Waals surface area contributed by atoms with E-state index in [1.54, 1.807) is 0 Å². The fourth-order valence-electron chi connectivity index (χ4n) is 2.96. The molecule has 132 valence electrons. The lowest BCUT2D eigenvalue weighted by atomic mass is 10.1. The second-order valence-electron chi connectivity index (χ2n) is 5.99. The van der Waals surface area contributed by atoms with E-state index in [-0.39, 0.29) is 6.15 Å². The number of hydrogen-bond acceptors (Lipinski definition) is 5. The van der Waals surface area contributed by atoms with Crippen molar-refractivity contribution in [2.24, 2.45) is 0 Å². The Bertz CT molecular complexity index is 896. The molecule has 0 saturated heterocycles. The number of rotatable bonds is 3. The first-order chi connectivity index (χ1) is 12.7. The van der Waals surface area contributed by atoms with Gasteiger partial charge in [0.1, 0.15) is 17.3 Å². The van der Waals surface area contributed by atoms with Crippen molar-refractivity contribution >= 4 is 17.7 Å². The Labute approximate surface area is 151 Å². The fourth-order valence-corrected chi connectivity index (χ4v) is 2.96. The van der Waals surface area contributed by atoms with Crippen molar-refractivity contribution < 1.29 is 9.59 Å². The Hall–Kier alpha value is -3.21. The highest BCUT2D eigenvalue weighted by Crippen LogP contribution is 2.32. The number of anilines is 2. The van der Waals surface area contributed by atoms with Crippen molar-refractivity contribution in [1.82, 2.24) is 14.9 Å². The zero-order valence-electron chi connectivity index (χ0n) is 14.5. The fraction of sp³-hybridized carbons (Fsp3) is 0.200. The summed E-state index contributed by atoms with van der Waals surface area (Å²) in [6.07, 6.45) is 0.250. The summed E-state index contributed by atoms with van der Waals surface area (Å²) < 4.78 is 2.29. The van der Waals surface area contributed by atoms with Crippen molar-refractivity contribution in [3.8, 4) is 11.3 Å². The molecule has 6 heteroatoms. The number of fused-ring (bicyclic) bond motifs is 1. The van der Waals surface area contributed by atoms with Gasteiger partial charge in [-0.15, -0.1) is 0 Å². The van der Waals surface area contributed by atoms with Crippen molar-refractivity contribution in [3.63, 3.8) is 0 Å². The van der Waals surface area contributed by atoms with Crippen molar-refractivity contribution in [2.75, 3.05) is 11.9 Å². The zero-order chi connectivity index (χ0) is 18.4. The van der Waals surface area contributed by atoms with E-state index in [9.17, 15) is 0 Å². The van der Waals surface area contributed by atoms with Crippen LogP contribution in [0.5, 0.6) is 0 Å². The predicted molar refractivity (Wildman–Crippen MR) is 98.8 cm³/mol. The van der Waals surface area contributed by atoms with Gasteiger partial charge in [0.25, 0.3) is 0 Å². The average molecular weight is 348 g/mol. The van der Waals surface area contributed by atoms with E-state index in [1.165, 1.54) is 5.56 Å². The van der Waals surface area contributed by atoms with Gasteiger partial charge in [-0.2, -0.15) is 9.59 Å². The Morgan fingerprint density at radius 1 is 1.08 bits per heavy atom. The van der Waals surface area contributed by atoms with Crippen LogP contribution in [0.15, 0.2) is 54.6 Å². The summed E-state index contributed by atoms with van der Waals surface area (Å²) >= 11 is 0. The van der Waals surface area contributed by atoms with Crippen LogP contribution in [-0.4, -0.2) is 22.2 Å². The molecular weight excluding hydrogens is 328 g/mol. The minimum Gasteiger partial charge on any atom is -0.340 e. The first-order valence-corrected chi connectivity index (χ1v) is 8.41. The van der Waals surface area contributed by atoms with Gasteiger partial charge in [0.05, 0.1) is 6.54 Å². The minimum atomic E-state index is 0.250. The summed E-state index contributed by atoms with van der Waals surface area (Å²) in [5.41, 5.74) is 4.52. The Balaban J connectivity index is 0.000000613. The van der Waals surface area contributed by atoms with Gasteiger partial charge in [-0.1, -0.05) is 48.0 Å². The van der Waals surface area contributed by atoms with Gasteiger partial charge in [0, 0.05) is 24.3 Å². The van der Waals surface area contributed by atoms with Gasteiger partial charge >= 0.3 is 6.15 Å². The van der Waals surface area contributed by atoms with E-state index in [1.807, 2.05) is 6.07 Å². The molecule has 3 aromatic rings. The molecule has 26 heavy (non-hydrogen) atoms. The van der Waals surface area contributed by atoms with Crippen LogP contribution in [0.4, 0.5) is 11.5 Å². The van der Waals surface area contributed by atoms with E-state index in [4.69, 9.17) is 14.6 Å². The van der Waals surface area contributed by atoms with E-state index < -0.39 is 0 Å². The lowest BCUT2D eigenvalue weighted by Gasteiger charge is -2.18. The van der Waals surface area contributed by atoms with Gasteiger partial charge in [-0.3, -0.25) is 0 Å². The predicted octanol–water partition coefficient (Wildman–Crippen LogP) is 3.12. The molecule has 0 aliphatic carbocycles. The maximum absolute atomic E-state index is 8.12. The van der Waals surface area contributed by atoms with E-state index >= 15 is 0 Å². The highest BCUT2D eigenvalue weighted by molar-refractivity contribution is 5.76. The van der Waals surface area contributed by atoms with E-state index in [2.05, 4.69) is 70.7 Å². The van der Waals surface area contributed by atoms with Gasteiger partial charge in [-0.05, 0) is 19.1 Å². The summed E-state index contributed by atoms with van der Waals surface area (Å²) in [6.45, 7) is 4.82. The van der Waals surface area contributed by atoms with E-state index in [0.29, 0.717) is 0 Å². The standard InChI is InChI=1S/C19H20N4.CO2/c1-14-7-9-16(10-8-14)21-19-18(15-5-3-2-4-6-15)22-17-13-20-11-12-23(17)19;2-1-3/h2-10,20-21H,11-13H2,1H3;. The van der Waals surface area contributed by atoms with E-state index in [0.717, 1.165) is 48.2 Å². The van der Waals surface area contributed by atoms with Crippen LogP contribution >= 0.6 is 0 Å². The first kappa shape index (κ1) is 17.6. The van der Waals surface area contributed by atoms with Crippen LogP contribution in [0.1, 0.15) is 11.4 Å². The molecule has 2 N–H and O–H groups in total. The van der Waals surface area contributed by atoms with Crippen LogP contribution in [0.2, 0.25) is 0 Å². The summed E-state index contributed by atoms with van der Waals surface area (Å²) in [6, 6.07) is 18.9. The quantitative estimate of drug-likeness (QED) is 0.760. The molecule has 0 atom stereocenters. The smallest absolute Gasteiger partial charge is 0.340 e. The molecule has 0 bridgehead atoms. The maximum atomic E-state index is 8.12. The number of benzene rings is 2. The van der Waals surface area contributed by atoms with Crippen LogP contribution in [0.3, 0.4) is 0 Å². The van der Waals surface area contributed by atoms with Crippen molar-refractivity contribution in [1.29, 1.82) is 0 Å². The summed E-state index contributed by atoms with van der Waals surface area (Å²) in [5, 5.41) is 6.97. The Morgan fingerprint density at radius 3 is 2.46 bits per heavy atom. The molecule has 0 spiro atoms. The molecule has 0 fully saturated rings. The number of imidazole rings is 1. The maximum Gasteiger partial charge on any atom is 0.373 e. The topological polar surface area (TPSA) is 76.0 Å². The monoisotopic (exact) mass is 348 g/mol. The molecule has 6 nitrogen and oxygen atoms in total. The molecule has 1 aromatic heterocycles. The molecule has 0 amide bonds. The molecule has 4 rings (SSSR count). The van der Waals surface area contributed by atoms with Gasteiger partial charge in [0.15, 0.2) is 0 Å². The normalized spacial score (nSPS) is 12.3. The highest BCUT2D eigenvalue weighted by Gasteiger charge is 2.20. The largest absolute Gasteiger partial charge is 0.373 e. The third kappa shape index (κ3) is 3.88. The highest BCUT2D eigenvalue weighted by atomic mass is 16.2. The average Bonchev–Trinajstić information content (AvgIpc) is 3.04. The molecule has 1 aliphatic heterocycles. The van der Waals surface area contributed by atoms with Gasteiger partial charge in [-0.25, -0.2) is 4.98 Å². The first-order valence-electron chi connectivity index (χ1n) is 8.41. The number of hydrogen-bond donors (Lipinski definition) is 2. The number of nitrogens with zero attached hydrogens (tertiary/aromatic N) is 2.